The molecule has 2 atom stereocenters. The molecule has 0 saturated heterocycles. The van der Waals surface area contributed by atoms with Gasteiger partial charge >= 0.3 is 0 Å². The van der Waals surface area contributed by atoms with Gasteiger partial charge in [0.2, 0.25) is 5.91 Å². The molecule has 1 aromatic rings. The number of benzene rings is 1. The lowest BCUT2D eigenvalue weighted by Gasteiger charge is -2.57. The third-order valence-electron chi connectivity index (χ3n) is 4.74. The molecule has 2 rings (SSSR count). The summed E-state index contributed by atoms with van der Waals surface area (Å²) >= 11 is 3.44. The average Bonchev–Trinajstić information content (AvgIpc) is 2.45. The van der Waals surface area contributed by atoms with E-state index in [1.807, 2.05) is 46.8 Å². The van der Waals surface area contributed by atoms with Gasteiger partial charge in [-0.1, -0.05) is 29.8 Å². The number of halogens is 2. The Balaban J connectivity index is 0.00000312. The molecule has 5 nitrogen and oxygen atoms in total. The molecule has 0 radical (unpaired) electrons. The lowest BCUT2D eigenvalue weighted by Crippen LogP contribution is -2.74. The van der Waals surface area contributed by atoms with E-state index >= 15 is 0 Å². The molecule has 1 fully saturated rings. The molecule has 1 aliphatic carbocycles. The van der Waals surface area contributed by atoms with Crippen LogP contribution in [0.2, 0.25) is 0 Å². The fourth-order valence-corrected chi connectivity index (χ4v) is 3.51. The normalized spacial score (nSPS) is 24.2. The minimum atomic E-state index is -0.950. The van der Waals surface area contributed by atoms with E-state index in [2.05, 4.69) is 21.2 Å². The molecule has 1 aromatic carbocycles. The first-order valence-corrected chi connectivity index (χ1v) is 9.08. The number of anilines is 1. The Morgan fingerprint density at radius 3 is 2.56 bits per heavy atom. The van der Waals surface area contributed by atoms with Crippen molar-refractivity contribution >= 4 is 39.9 Å². The van der Waals surface area contributed by atoms with E-state index < -0.39 is 11.0 Å². The van der Waals surface area contributed by atoms with Gasteiger partial charge in [0.25, 0.3) is 0 Å². The number of carbonyl (C=O) groups excluding carboxylic acids is 1. The third-order valence-corrected chi connectivity index (χ3v) is 5.19. The predicted molar refractivity (Wildman–Crippen MR) is 107 cm³/mol. The molecule has 1 amide bonds. The molecule has 0 aliphatic heterocycles. The number of nitrogens with two attached hydrogens (primary N) is 1. The second kappa shape index (κ2) is 8.25. The van der Waals surface area contributed by atoms with E-state index in [0.717, 1.165) is 4.47 Å². The third kappa shape index (κ3) is 4.48. The number of hydrogen-bond acceptors (Lipinski definition) is 4. The van der Waals surface area contributed by atoms with Crippen molar-refractivity contribution in [3.8, 4) is 5.75 Å². The fourth-order valence-electron chi connectivity index (χ4n) is 3.04. The van der Waals surface area contributed by atoms with Gasteiger partial charge in [0.15, 0.2) is 0 Å². The minimum absolute atomic E-state index is 0. The molecule has 142 valence electrons. The molecule has 0 heterocycles. The first kappa shape index (κ1) is 22.2. The summed E-state index contributed by atoms with van der Waals surface area (Å²) < 4.78 is 12.2. The molecule has 1 saturated carbocycles. The Hall–Kier alpha value is -0.820. The molecule has 1 aliphatic rings. The maximum absolute atomic E-state index is 12.8. The summed E-state index contributed by atoms with van der Waals surface area (Å²) in [6.45, 7) is 10.4. The van der Waals surface area contributed by atoms with Gasteiger partial charge in [0.05, 0.1) is 12.2 Å². The standard InChI is InChI=1S/C18H27BrN2O3.ClH/c1-6-23-15-10-18(20,17(15,4)5)16(22)21-13-7-12(19)8-14(9-13)24-11(2)3;/h7-9,11,15H,6,10,20H2,1-5H3,(H,21,22);1H. The lowest BCUT2D eigenvalue weighted by molar-refractivity contribution is -0.166. The van der Waals surface area contributed by atoms with Crippen molar-refractivity contribution in [1.29, 1.82) is 0 Å². The van der Waals surface area contributed by atoms with Crippen LogP contribution in [0.15, 0.2) is 22.7 Å². The number of amides is 1. The van der Waals surface area contributed by atoms with Gasteiger partial charge in [0.1, 0.15) is 11.3 Å². The van der Waals surface area contributed by atoms with E-state index in [0.29, 0.717) is 24.5 Å². The van der Waals surface area contributed by atoms with Crippen molar-refractivity contribution in [2.45, 2.75) is 58.8 Å². The maximum Gasteiger partial charge on any atom is 0.245 e. The van der Waals surface area contributed by atoms with E-state index in [4.69, 9.17) is 15.2 Å². The van der Waals surface area contributed by atoms with E-state index in [-0.39, 0.29) is 30.5 Å². The fraction of sp³-hybridized carbons (Fsp3) is 0.611. The van der Waals surface area contributed by atoms with Crippen LogP contribution in [-0.4, -0.2) is 30.3 Å². The van der Waals surface area contributed by atoms with Crippen LogP contribution in [-0.2, 0) is 9.53 Å². The zero-order valence-corrected chi connectivity index (χ0v) is 17.8. The largest absolute Gasteiger partial charge is 0.491 e. The molecule has 0 aromatic heterocycles. The number of hydrogen-bond donors (Lipinski definition) is 2. The molecule has 2 unspecified atom stereocenters. The maximum atomic E-state index is 12.8. The van der Waals surface area contributed by atoms with Gasteiger partial charge in [-0.2, -0.15) is 0 Å². The Morgan fingerprint density at radius 1 is 1.40 bits per heavy atom. The van der Waals surface area contributed by atoms with Gasteiger partial charge in [-0.05, 0) is 32.9 Å². The van der Waals surface area contributed by atoms with Crippen LogP contribution in [0, 0.1) is 5.41 Å². The van der Waals surface area contributed by atoms with Gasteiger partial charge in [-0.25, -0.2) is 0 Å². The van der Waals surface area contributed by atoms with E-state index in [1.165, 1.54) is 0 Å². The van der Waals surface area contributed by atoms with Crippen molar-refractivity contribution in [1.82, 2.24) is 0 Å². The molecule has 7 heteroatoms. The van der Waals surface area contributed by atoms with Gasteiger partial charge in [0, 0.05) is 34.7 Å². The van der Waals surface area contributed by atoms with Crippen molar-refractivity contribution in [2.75, 3.05) is 11.9 Å². The highest BCUT2D eigenvalue weighted by molar-refractivity contribution is 9.10. The van der Waals surface area contributed by atoms with Crippen LogP contribution in [0.3, 0.4) is 0 Å². The summed E-state index contributed by atoms with van der Waals surface area (Å²) in [6.07, 6.45) is 0.574. The Labute approximate surface area is 164 Å². The molecular weight excluding hydrogens is 408 g/mol. The molecular formula is C18H28BrClN2O3. The summed E-state index contributed by atoms with van der Waals surface area (Å²) in [4.78, 5) is 12.8. The highest BCUT2D eigenvalue weighted by Gasteiger charge is 2.62. The molecule has 0 spiro atoms. The van der Waals surface area contributed by atoms with Crippen LogP contribution in [0.4, 0.5) is 5.69 Å². The summed E-state index contributed by atoms with van der Waals surface area (Å²) in [7, 11) is 0. The van der Waals surface area contributed by atoms with Crippen molar-refractivity contribution in [2.24, 2.45) is 11.1 Å². The highest BCUT2D eigenvalue weighted by atomic mass is 79.9. The zero-order valence-electron chi connectivity index (χ0n) is 15.4. The van der Waals surface area contributed by atoms with Crippen molar-refractivity contribution < 1.29 is 14.3 Å². The zero-order chi connectivity index (χ0) is 18.1. The second-order valence-corrected chi connectivity index (χ2v) is 8.05. The second-order valence-electron chi connectivity index (χ2n) is 7.14. The van der Waals surface area contributed by atoms with Crippen LogP contribution < -0.4 is 15.8 Å². The van der Waals surface area contributed by atoms with Crippen LogP contribution in [0.25, 0.3) is 0 Å². The van der Waals surface area contributed by atoms with Crippen LogP contribution >= 0.6 is 28.3 Å². The highest BCUT2D eigenvalue weighted by Crippen LogP contribution is 2.50. The Bertz CT molecular complexity index is 624. The van der Waals surface area contributed by atoms with Crippen LogP contribution in [0.5, 0.6) is 5.75 Å². The Kier molecular flexibility index (Phi) is 7.33. The van der Waals surface area contributed by atoms with Crippen molar-refractivity contribution in [3.63, 3.8) is 0 Å². The average molecular weight is 436 g/mol. The molecule has 25 heavy (non-hydrogen) atoms. The number of nitrogens with one attached hydrogen (secondary N) is 1. The van der Waals surface area contributed by atoms with Crippen LogP contribution in [0.1, 0.15) is 41.0 Å². The monoisotopic (exact) mass is 434 g/mol. The first-order chi connectivity index (χ1) is 11.1. The van der Waals surface area contributed by atoms with Crippen molar-refractivity contribution in [3.05, 3.63) is 22.7 Å². The predicted octanol–water partition coefficient (Wildman–Crippen LogP) is 4.13. The lowest BCUT2D eigenvalue weighted by atomic mass is 9.54. The Morgan fingerprint density at radius 2 is 2.04 bits per heavy atom. The topological polar surface area (TPSA) is 73.6 Å². The van der Waals surface area contributed by atoms with E-state index in [1.54, 1.807) is 6.07 Å². The first-order valence-electron chi connectivity index (χ1n) is 8.29. The summed E-state index contributed by atoms with van der Waals surface area (Å²) in [5.74, 6) is 0.498. The molecule has 3 N–H and O–H groups in total. The molecule has 0 bridgehead atoms. The number of rotatable bonds is 6. The van der Waals surface area contributed by atoms with Gasteiger partial charge < -0.3 is 20.5 Å². The number of ether oxygens (including phenoxy) is 2. The number of carbonyl (C=O) groups is 1. The smallest absolute Gasteiger partial charge is 0.245 e. The minimum Gasteiger partial charge on any atom is -0.491 e. The summed E-state index contributed by atoms with van der Waals surface area (Å²) in [5.41, 5.74) is 5.70. The summed E-state index contributed by atoms with van der Waals surface area (Å²) in [6, 6.07) is 5.50. The van der Waals surface area contributed by atoms with E-state index in [9.17, 15) is 4.79 Å². The van der Waals surface area contributed by atoms with Gasteiger partial charge in [-0.15, -0.1) is 12.4 Å². The SMILES string of the molecule is CCOC1CC(N)(C(=O)Nc2cc(Br)cc(OC(C)C)c2)C1(C)C.Cl. The quantitative estimate of drug-likeness (QED) is 0.704. The summed E-state index contributed by atoms with van der Waals surface area (Å²) in [5, 5.41) is 2.93. The van der Waals surface area contributed by atoms with Gasteiger partial charge in [-0.3, -0.25) is 4.79 Å².